The van der Waals surface area contributed by atoms with E-state index < -0.39 is 6.10 Å². The molecule has 3 aromatic heterocycles. The Kier molecular flexibility index (Phi) is 6.37. The second kappa shape index (κ2) is 9.76. The minimum atomic E-state index is -0.433. The van der Waals surface area contributed by atoms with Gasteiger partial charge in [0.25, 0.3) is 0 Å². The van der Waals surface area contributed by atoms with E-state index in [2.05, 4.69) is 31.7 Å². The molecule has 0 radical (unpaired) electrons. The quantitative estimate of drug-likeness (QED) is 0.507. The Hall–Kier alpha value is -3.91. The van der Waals surface area contributed by atoms with Crippen molar-refractivity contribution in [2.45, 2.75) is 44.8 Å². The molecular formula is C24H29N9O2. The number of aliphatic hydroxyl groups is 1. The van der Waals surface area contributed by atoms with E-state index in [9.17, 15) is 15.2 Å². The van der Waals surface area contributed by atoms with Gasteiger partial charge in [0.1, 0.15) is 23.5 Å². The maximum absolute atomic E-state index is 11.6. The number of nitriles is 1. The molecule has 2 aliphatic rings. The van der Waals surface area contributed by atoms with Gasteiger partial charge in [0.05, 0.1) is 24.0 Å². The summed E-state index contributed by atoms with van der Waals surface area (Å²) in [5.41, 5.74) is 1.49. The normalized spacial score (nSPS) is 20.5. The summed E-state index contributed by atoms with van der Waals surface area (Å²) in [6.45, 7) is 4.39. The maximum Gasteiger partial charge on any atom is 0.219 e. The molecule has 3 aromatic rings. The number of hydrogen-bond donors (Lipinski definition) is 3. The summed E-state index contributed by atoms with van der Waals surface area (Å²) in [7, 11) is 0. The van der Waals surface area contributed by atoms with Crippen LogP contribution < -0.4 is 15.5 Å². The number of rotatable bonds is 5. The fourth-order valence-electron chi connectivity index (χ4n) is 4.73. The number of nitrogens with one attached hydrogen (secondary N) is 2. The molecule has 35 heavy (non-hydrogen) atoms. The maximum atomic E-state index is 11.6. The van der Waals surface area contributed by atoms with Crippen molar-refractivity contribution in [2.75, 3.05) is 41.7 Å². The number of carbonyl (C=O) groups excluding carboxylic acids is 1. The van der Waals surface area contributed by atoms with Crippen molar-refractivity contribution in [1.82, 2.24) is 24.5 Å². The zero-order chi connectivity index (χ0) is 24.4. The zero-order valence-electron chi connectivity index (χ0n) is 19.7. The molecule has 3 N–H and O–H groups in total. The molecule has 11 heteroatoms. The monoisotopic (exact) mass is 475 g/mol. The van der Waals surface area contributed by atoms with Crippen LogP contribution in [0.25, 0.3) is 5.65 Å². The van der Waals surface area contributed by atoms with E-state index in [4.69, 9.17) is 4.98 Å². The molecule has 2 atom stereocenters. The summed E-state index contributed by atoms with van der Waals surface area (Å²) in [5, 5.41) is 31.2. The van der Waals surface area contributed by atoms with Gasteiger partial charge in [-0.1, -0.05) is 18.9 Å². The van der Waals surface area contributed by atoms with Gasteiger partial charge in [0.15, 0.2) is 11.3 Å². The molecule has 182 valence electrons. The van der Waals surface area contributed by atoms with Crippen LogP contribution in [0.15, 0.2) is 30.5 Å². The van der Waals surface area contributed by atoms with E-state index in [1.54, 1.807) is 6.92 Å². The summed E-state index contributed by atoms with van der Waals surface area (Å²) in [6.07, 6.45) is 4.75. The van der Waals surface area contributed by atoms with Crippen LogP contribution in [0.2, 0.25) is 0 Å². The van der Waals surface area contributed by atoms with Crippen LogP contribution >= 0.6 is 0 Å². The largest absolute Gasteiger partial charge is 0.391 e. The summed E-state index contributed by atoms with van der Waals surface area (Å²) >= 11 is 0. The first kappa shape index (κ1) is 22.9. The molecule has 1 aliphatic carbocycles. The fourth-order valence-corrected chi connectivity index (χ4v) is 4.73. The van der Waals surface area contributed by atoms with E-state index in [0.29, 0.717) is 41.8 Å². The van der Waals surface area contributed by atoms with Crippen molar-refractivity contribution in [3.05, 3.63) is 36.2 Å². The minimum absolute atomic E-state index is 0.0919. The van der Waals surface area contributed by atoms with Crippen LogP contribution in [-0.2, 0) is 4.79 Å². The molecule has 1 aliphatic heterocycles. The molecule has 0 spiro atoms. The van der Waals surface area contributed by atoms with Crippen molar-refractivity contribution < 1.29 is 9.90 Å². The number of aromatic nitrogens is 4. The first-order valence-electron chi connectivity index (χ1n) is 12.0. The van der Waals surface area contributed by atoms with Crippen molar-refractivity contribution in [2.24, 2.45) is 0 Å². The van der Waals surface area contributed by atoms with Gasteiger partial charge in [-0.05, 0) is 25.0 Å². The van der Waals surface area contributed by atoms with Crippen LogP contribution in [0.3, 0.4) is 0 Å². The molecule has 1 saturated carbocycles. The molecular weight excluding hydrogens is 446 g/mol. The van der Waals surface area contributed by atoms with Crippen LogP contribution in [0.4, 0.5) is 23.1 Å². The topological polar surface area (TPSA) is 135 Å². The van der Waals surface area contributed by atoms with Gasteiger partial charge in [0, 0.05) is 39.2 Å². The number of fused-ring (bicyclic) bond motifs is 1. The van der Waals surface area contributed by atoms with Gasteiger partial charge in [0.2, 0.25) is 5.91 Å². The number of anilines is 4. The second-order valence-electron chi connectivity index (χ2n) is 9.04. The Morgan fingerprint density at radius 2 is 1.97 bits per heavy atom. The van der Waals surface area contributed by atoms with Crippen molar-refractivity contribution in [3.63, 3.8) is 0 Å². The lowest BCUT2D eigenvalue weighted by Crippen LogP contribution is -2.48. The lowest BCUT2D eigenvalue weighted by atomic mass is 9.92. The summed E-state index contributed by atoms with van der Waals surface area (Å²) in [6, 6.07) is 9.64. The first-order chi connectivity index (χ1) is 17.0. The van der Waals surface area contributed by atoms with Crippen LogP contribution in [0, 0.1) is 11.3 Å². The molecule has 1 amide bonds. The standard InChI is InChI=1S/C24H29N9O2/c1-16(34)31-9-11-32(12-10-31)23-8-4-7-21(29-23)28-19-13-22(27-18-5-2-3-6-20(18)35)30-33-17(14-25)15-26-24(19)33/h4,7-8,13,15,18,20,35H,2-3,5-6,9-12H2,1H3,(H,27,30)(H,28,29)/t18-,20-/m1/s1. The van der Waals surface area contributed by atoms with Crippen LogP contribution in [-0.4, -0.2) is 73.8 Å². The molecule has 1 saturated heterocycles. The van der Waals surface area contributed by atoms with Crippen molar-refractivity contribution >= 4 is 34.7 Å². The number of nitrogens with zero attached hydrogens (tertiary/aromatic N) is 7. The van der Waals surface area contributed by atoms with E-state index >= 15 is 0 Å². The molecule has 0 unspecified atom stereocenters. The van der Waals surface area contributed by atoms with Crippen molar-refractivity contribution in [1.29, 1.82) is 5.26 Å². The third-order valence-corrected chi connectivity index (χ3v) is 6.69. The summed E-state index contributed by atoms with van der Waals surface area (Å²) in [4.78, 5) is 24.8. The predicted octanol–water partition coefficient (Wildman–Crippen LogP) is 2.12. The van der Waals surface area contributed by atoms with E-state index in [0.717, 1.165) is 44.6 Å². The highest BCUT2D eigenvalue weighted by Crippen LogP contribution is 2.27. The smallest absolute Gasteiger partial charge is 0.219 e. The summed E-state index contributed by atoms with van der Waals surface area (Å²) in [5.74, 6) is 2.11. The molecule has 2 fully saturated rings. The van der Waals surface area contributed by atoms with Gasteiger partial charge in [-0.15, -0.1) is 5.10 Å². The Morgan fingerprint density at radius 1 is 1.17 bits per heavy atom. The highest BCUT2D eigenvalue weighted by molar-refractivity contribution is 5.76. The molecule has 11 nitrogen and oxygen atoms in total. The number of amides is 1. The van der Waals surface area contributed by atoms with Gasteiger partial charge < -0.3 is 25.5 Å². The second-order valence-corrected chi connectivity index (χ2v) is 9.04. The number of pyridine rings is 1. The average Bonchev–Trinajstić information content (AvgIpc) is 3.29. The number of piperazine rings is 1. The van der Waals surface area contributed by atoms with E-state index in [1.165, 1.54) is 10.7 Å². The minimum Gasteiger partial charge on any atom is -0.391 e. The third-order valence-electron chi connectivity index (χ3n) is 6.69. The van der Waals surface area contributed by atoms with E-state index in [-0.39, 0.29) is 11.9 Å². The van der Waals surface area contributed by atoms with Crippen LogP contribution in [0.5, 0.6) is 0 Å². The lowest BCUT2D eigenvalue weighted by Gasteiger charge is -2.35. The molecule has 0 bridgehead atoms. The number of imidazole rings is 1. The van der Waals surface area contributed by atoms with E-state index in [1.807, 2.05) is 29.2 Å². The fraction of sp³-hybridized carbons (Fsp3) is 0.458. The molecule has 0 aromatic carbocycles. The number of hydrogen-bond acceptors (Lipinski definition) is 9. The van der Waals surface area contributed by atoms with Crippen LogP contribution in [0.1, 0.15) is 38.3 Å². The highest BCUT2D eigenvalue weighted by Gasteiger charge is 2.24. The van der Waals surface area contributed by atoms with Gasteiger partial charge in [-0.25, -0.2) is 9.97 Å². The average molecular weight is 476 g/mol. The SMILES string of the molecule is CC(=O)N1CCN(c2cccc(Nc3cc(N[C@@H]4CCCC[C@H]4O)nn4c(C#N)cnc34)n2)CC1. The third kappa shape index (κ3) is 4.83. The highest BCUT2D eigenvalue weighted by atomic mass is 16.3. The Bertz CT molecular complexity index is 1260. The van der Waals surface area contributed by atoms with Crippen molar-refractivity contribution in [3.8, 4) is 6.07 Å². The lowest BCUT2D eigenvalue weighted by molar-refractivity contribution is -0.129. The Labute approximate surface area is 203 Å². The number of aliphatic hydroxyl groups excluding tert-OH is 1. The Balaban J connectivity index is 1.41. The zero-order valence-corrected chi connectivity index (χ0v) is 19.7. The van der Waals surface area contributed by atoms with Gasteiger partial charge in [-0.3, -0.25) is 4.79 Å². The summed E-state index contributed by atoms with van der Waals surface area (Å²) < 4.78 is 1.50. The Morgan fingerprint density at radius 3 is 2.71 bits per heavy atom. The van der Waals surface area contributed by atoms with Gasteiger partial charge >= 0.3 is 0 Å². The predicted molar refractivity (Wildman–Crippen MR) is 132 cm³/mol. The first-order valence-corrected chi connectivity index (χ1v) is 12.0. The number of carbonyl (C=O) groups is 1. The van der Waals surface area contributed by atoms with Gasteiger partial charge in [-0.2, -0.15) is 9.78 Å². The molecule has 4 heterocycles. The molecule has 5 rings (SSSR count).